The number of nitrogens with zero attached hydrogens (tertiary/aromatic N) is 7. The number of aliphatic hydroxyl groups is 1. The van der Waals surface area contributed by atoms with E-state index in [-0.39, 0.29) is 43.2 Å². The van der Waals surface area contributed by atoms with Crippen molar-refractivity contribution in [3.8, 4) is 22.1 Å². The zero-order valence-electron chi connectivity index (χ0n) is 42.5. The number of aliphatic hydroxyl groups excluding tert-OH is 1. The number of carbonyl (C=O) groups is 4. The molecule has 0 bridgehead atoms. The minimum absolute atomic E-state index is 0.00307. The Morgan fingerprint density at radius 2 is 1.68 bits per heavy atom. The number of likely N-dealkylation sites (tertiary alicyclic amines) is 1. The molecule has 0 spiro atoms. The van der Waals surface area contributed by atoms with E-state index in [0.29, 0.717) is 40.4 Å². The van der Waals surface area contributed by atoms with Crippen molar-refractivity contribution in [3.63, 3.8) is 0 Å². The number of hydrogen-bond acceptors (Lipinski definition) is 12. The van der Waals surface area contributed by atoms with Crippen molar-refractivity contribution in [1.82, 2.24) is 45.2 Å². The van der Waals surface area contributed by atoms with Crippen LogP contribution < -0.4 is 20.7 Å². The van der Waals surface area contributed by atoms with Crippen LogP contribution in [0.3, 0.4) is 0 Å². The molecule has 3 aromatic carbocycles. The van der Waals surface area contributed by atoms with Crippen molar-refractivity contribution < 1.29 is 33.4 Å². The van der Waals surface area contributed by atoms with Crippen LogP contribution in [-0.4, -0.2) is 101 Å². The summed E-state index contributed by atoms with van der Waals surface area (Å²) in [6.45, 7) is 13.4. The van der Waals surface area contributed by atoms with E-state index < -0.39 is 53.4 Å². The Morgan fingerprint density at radius 3 is 2.38 bits per heavy atom. The van der Waals surface area contributed by atoms with Gasteiger partial charge < -0.3 is 39.7 Å². The Morgan fingerprint density at radius 1 is 0.946 bits per heavy atom. The molecule has 10 rings (SSSR count). The van der Waals surface area contributed by atoms with Crippen molar-refractivity contribution in [1.29, 1.82) is 0 Å². The summed E-state index contributed by atoms with van der Waals surface area (Å²) in [6, 6.07) is 19.1. The van der Waals surface area contributed by atoms with E-state index in [4.69, 9.17) is 25.7 Å². The average molecular weight is 1040 g/mol. The number of hydrogen-bond donors (Lipinski definition) is 4. The van der Waals surface area contributed by atoms with Crippen LogP contribution in [0.2, 0.25) is 5.02 Å². The lowest BCUT2D eigenvalue weighted by Gasteiger charge is -2.36. The third-order valence-electron chi connectivity index (χ3n) is 14.3. The van der Waals surface area contributed by atoms with Crippen LogP contribution in [0.5, 0.6) is 5.75 Å². The number of nitrogens with one attached hydrogen (secondary N) is 3. The highest BCUT2D eigenvalue weighted by Gasteiger charge is 2.45. The number of benzene rings is 3. The second-order valence-corrected chi connectivity index (χ2v) is 22.4. The minimum atomic E-state index is -1.07. The van der Waals surface area contributed by atoms with Gasteiger partial charge in [0.05, 0.1) is 24.3 Å². The largest absolute Gasteiger partial charge is 0.490 e. The Labute approximate surface area is 437 Å². The van der Waals surface area contributed by atoms with E-state index in [9.17, 15) is 24.3 Å². The summed E-state index contributed by atoms with van der Waals surface area (Å²) in [6.07, 6.45) is 3.85. The van der Waals surface area contributed by atoms with Gasteiger partial charge in [-0.05, 0) is 80.6 Å². The third kappa shape index (κ3) is 9.97. The quantitative estimate of drug-likeness (QED) is 0.0873. The molecule has 0 radical (unpaired) electrons. The molecule has 2 aliphatic heterocycles. The number of furan rings is 1. The second kappa shape index (κ2) is 19.9. The molecule has 17 nitrogen and oxygen atoms in total. The van der Waals surface area contributed by atoms with Gasteiger partial charge in [-0.3, -0.25) is 28.7 Å². The Balaban J connectivity index is 0.754. The zero-order chi connectivity index (χ0) is 52.3. The van der Waals surface area contributed by atoms with E-state index in [1.807, 2.05) is 106 Å². The molecule has 0 unspecified atom stereocenters. The molecular formula is C55H59ClN10O7S. The molecule has 6 heterocycles. The minimum Gasteiger partial charge on any atom is -0.490 e. The molecule has 384 valence electrons. The summed E-state index contributed by atoms with van der Waals surface area (Å²) in [7, 11) is 1.92. The summed E-state index contributed by atoms with van der Waals surface area (Å²) in [5.74, 6) is 1.08. The highest BCUT2D eigenvalue weighted by atomic mass is 35.5. The highest BCUT2D eigenvalue weighted by molar-refractivity contribution is 7.15. The molecule has 5 atom stereocenters. The number of aliphatic imine (C=N–C) groups is 1. The smallest absolute Gasteiger partial charge is 0.287 e. The van der Waals surface area contributed by atoms with Crippen LogP contribution in [0.15, 0.2) is 94.6 Å². The van der Waals surface area contributed by atoms with E-state index in [0.717, 1.165) is 55.1 Å². The lowest BCUT2D eigenvalue weighted by atomic mass is 9.85. The Bertz CT molecular complexity index is 3330. The van der Waals surface area contributed by atoms with Crippen LogP contribution in [0.1, 0.15) is 115 Å². The molecule has 4 aromatic heterocycles. The normalized spacial score (nSPS) is 20.2. The standard InChI is InChI=1S/C55H59ClN10O7S/c1-28-30(3)74-54-46(28)47(33-13-15-36(56)16-14-33)60-41(50-63-62-31(4)66(50)54)26-45(68)59-37-23-40(24-37)72-39-17-18-43-35(21-39)22-44(73-43)52(70)61-48(55(5,6)7)53(71)65-27-38(67)25-42(65)51(69)58-29(2)32-9-11-34(12-10-32)49-57-19-20-64(49)8/h9-22,29,37-38,40-42,48,67H,23-27H2,1-8H3,(H,58,69)(H,59,68)(H,61,70)/t29-,37?,38+,40?,41-,42-,48+/m0/s1. The molecule has 1 aliphatic carbocycles. The van der Waals surface area contributed by atoms with Gasteiger partial charge >= 0.3 is 0 Å². The number of aryl methyl sites for hydroxylation is 3. The van der Waals surface area contributed by atoms with Gasteiger partial charge in [-0.2, -0.15) is 0 Å². The van der Waals surface area contributed by atoms with Gasteiger partial charge in [0.2, 0.25) is 17.7 Å². The van der Waals surface area contributed by atoms with Crippen molar-refractivity contribution in [3.05, 3.63) is 135 Å². The fourth-order valence-corrected chi connectivity index (χ4v) is 11.4. The van der Waals surface area contributed by atoms with Gasteiger partial charge in [-0.15, -0.1) is 21.5 Å². The lowest BCUT2D eigenvalue weighted by Crippen LogP contribution is -2.57. The summed E-state index contributed by atoms with van der Waals surface area (Å²) in [5, 5.41) is 31.0. The Kier molecular flexibility index (Phi) is 13.6. The van der Waals surface area contributed by atoms with Gasteiger partial charge in [0, 0.05) is 83.3 Å². The topological polar surface area (TPSA) is 211 Å². The van der Waals surface area contributed by atoms with Gasteiger partial charge in [-0.25, -0.2) is 4.98 Å². The van der Waals surface area contributed by atoms with Gasteiger partial charge in [0.15, 0.2) is 11.6 Å². The van der Waals surface area contributed by atoms with Crippen LogP contribution in [0.25, 0.3) is 27.4 Å². The number of rotatable bonds is 13. The van der Waals surface area contributed by atoms with Crippen LogP contribution in [0.4, 0.5) is 0 Å². The first-order chi connectivity index (χ1) is 35.3. The monoisotopic (exact) mass is 1040 g/mol. The number of fused-ring (bicyclic) bond motifs is 4. The molecular weight excluding hydrogens is 980 g/mol. The number of thiophene rings is 1. The van der Waals surface area contributed by atoms with Gasteiger partial charge in [0.25, 0.3) is 5.91 Å². The molecule has 3 aliphatic rings. The van der Waals surface area contributed by atoms with Gasteiger partial charge in [-0.1, -0.05) is 68.8 Å². The van der Waals surface area contributed by atoms with E-state index >= 15 is 0 Å². The fraction of sp³-hybridized carbons (Fsp3) is 0.382. The number of amides is 4. The molecule has 4 amide bonds. The number of halogens is 1. The molecule has 7 aromatic rings. The number of aromatic nitrogens is 5. The molecule has 74 heavy (non-hydrogen) atoms. The number of carbonyl (C=O) groups excluding carboxylic acids is 4. The molecule has 1 saturated heterocycles. The first-order valence-corrected chi connectivity index (χ1v) is 26.0. The van der Waals surface area contributed by atoms with E-state index in [2.05, 4.69) is 45.0 Å². The summed E-state index contributed by atoms with van der Waals surface area (Å²) < 4.78 is 16.3. The number of imidazole rings is 1. The number of β-amino-alcohol motifs (C(OH)–C–C–N with tert-alkyl or cyclic N) is 1. The highest BCUT2D eigenvalue weighted by Crippen LogP contribution is 2.40. The van der Waals surface area contributed by atoms with Crippen molar-refractivity contribution in [2.45, 2.75) is 117 Å². The van der Waals surface area contributed by atoms with Crippen LogP contribution in [0, 0.1) is 26.2 Å². The van der Waals surface area contributed by atoms with Crippen molar-refractivity contribution in [2.24, 2.45) is 17.5 Å². The molecule has 1 saturated carbocycles. The predicted octanol–water partition coefficient (Wildman–Crippen LogP) is 8.05. The Hall–Kier alpha value is -7.15. The third-order valence-corrected chi connectivity index (χ3v) is 15.8. The fourth-order valence-electron chi connectivity index (χ4n) is 10.1. The first kappa shape index (κ1) is 50.4. The average Bonchev–Trinajstić information content (AvgIpc) is 4.20. The number of ether oxygens (including phenoxy) is 1. The van der Waals surface area contributed by atoms with Crippen molar-refractivity contribution in [2.75, 3.05) is 6.54 Å². The molecule has 19 heteroatoms. The van der Waals surface area contributed by atoms with Crippen LogP contribution >= 0.6 is 22.9 Å². The van der Waals surface area contributed by atoms with E-state index in [1.54, 1.807) is 41.8 Å². The van der Waals surface area contributed by atoms with E-state index in [1.165, 1.54) is 4.90 Å². The molecule has 4 N–H and O–H groups in total. The summed E-state index contributed by atoms with van der Waals surface area (Å²) in [5.41, 5.74) is 5.26. The second-order valence-electron chi connectivity index (χ2n) is 20.8. The first-order valence-electron chi connectivity index (χ1n) is 24.8. The summed E-state index contributed by atoms with van der Waals surface area (Å²) in [4.78, 5) is 68.0. The molecule has 2 fully saturated rings. The van der Waals surface area contributed by atoms with Crippen LogP contribution in [-0.2, 0) is 21.4 Å². The predicted molar refractivity (Wildman–Crippen MR) is 282 cm³/mol. The van der Waals surface area contributed by atoms with Crippen molar-refractivity contribution >= 4 is 63.2 Å². The maximum atomic E-state index is 14.4. The van der Waals surface area contributed by atoms with Gasteiger partial charge in [0.1, 0.15) is 52.2 Å². The zero-order valence-corrected chi connectivity index (χ0v) is 44.0. The summed E-state index contributed by atoms with van der Waals surface area (Å²) >= 11 is 7.94. The lowest BCUT2D eigenvalue weighted by molar-refractivity contribution is -0.142. The SMILES string of the molecule is Cc1sc2c(c1C)C(c1ccc(Cl)cc1)=N[C@@H](CC(=O)NC1CC(Oc3ccc4oc(C(=O)N[C@H](C(=O)N5C[C@H](O)C[C@H]5C(=O)N[C@@H](C)c5ccc(-c6nccn6C)cc5)C(C)(C)C)cc4c3)C1)c1nnc(C)n1-2. The maximum absolute atomic E-state index is 14.4. The maximum Gasteiger partial charge on any atom is 0.287 e.